The standard InChI is InChI=1S/C16H23N6O4/c1-9(2)6-21-14(24)12-13(19(4)16(21)25)17-15-20(12)7-10(3)18-22(15)8-11(23)26-5/h9,12H,6-8H2,1-5H3/q+1. The fourth-order valence-corrected chi connectivity index (χ4v) is 3.23. The molecule has 10 nitrogen and oxygen atoms in total. The Bertz CT molecular complexity index is 769. The van der Waals surface area contributed by atoms with E-state index >= 15 is 0 Å². The molecular formula is C16H23N6O4+. The number of hydrazone groups is 1. The normalized spacial score (nSPS) is 22.5. The summed E-state index contributed by atoms with van der Waals surface area (Å²) in [5.41, 5.74) is 0.733. The van der Waals surface area contributed by atoms with E-state index in [4.69, 9.17) is 4.74 Å². The van der Waals surface area contributed by atoms with E-state index in [1.54, 1.807) is 11.6 Å². The number of fused-ring (bicyclic) bond motifs is 2. The maximum atomic E-state index is 13.0. The Labute approximate surface area is 151 Å². The number of carbonyl (C=O) groups is 3. The van der Waals surface area contributed by atoms with E-state index in [1.807, 2.05) is 20.8 Å². The third-order valence-electron chi connectivity index (χ3n) is 4.36. The number of ether oxygens (including phenoxy) is 1. The molecule has 1 atom stereocenters. The number of methoxy groups -OCH3 is 1. The van der Waals surface area contributed by atoms with Crippen LogP contribution in [0.15, 0.2) is 10.1 Å². The highest BCUT2D eigenvalue weighted by Crippen LogP contribution is 2.23. The summed E-state index contributed by atoms with van der Waals surface area (Å²) in [4.78, 5) is 44.4. The molecule has 0 radical (unpaired) electrons. The molecule has 0 N–H and O–H groups in total. The number of nitrogens with zero attached hydrogens (tertiary/aromatic N) is 6. The van der Waals surface area contributed by atoms with Gasteiger partial charge in [-0.1, -0.05) is 18.8 Å². The van der Waals surface area contributed by atoms with Crippen molar-refractivity contribution >= 4 is 35.4 Å². The second-order valence-corrected chi connectivity index (χ2v) is 6.95. The van der Waals surface area contributed by atoms with Crippen molar-refractivity contribution in [2.75, 3.05) is 33.8 Å². The van der Waals surface area contributed by atoms with Gasteiger partial charge in [0.2, 0.25) is 11.9 Å². The first kappa shape index (κ1) is 18.0. The van der Waals surface area contributed by atoms with Gasteiger partial charge in [-0.15, -0.1) is 10.1 Å². The number of guanidine groups is 1. The molecule has 3 heterocycles. The van der Waals surface area contributed by atoms with E-state index in [9.17, 15) is 14.4 Å². The third-order valence-corrected chi connectivity index (χ3v) is 4.36. The fraction of sp³-hybridized carbons (Fsp3) is 0.625. The van der Waals surface area contributed by atoms with E-state index in [1.165, 1.54) is 21.9 Å². The van der Waals surface area contributed by atoms with Gasteiger partial charge in [0.25, 0.3) is 5.91 Å². The van der Waals surface area contributed by atoms with Gasteiger partial charge < -0.3 is 4.74 Å². The molecule has 3 aliphatic rings. The highest BCUT2D eigenvalue weighted by atomic mass is 16.5. The fourth-order valence-electron chi connectivity index (χ4n) is 3.23. The highest BCUT2D eigenvalue weighted by Gasteiger charge is 2.54. The van der Waals surface area contributed by atoms with Crippen LogP contribution in [0.3, 0.4) is 0 Å². The van der Waals surface area contributed by atoms with Gasteiger partial charge in [-0.05, 0) is 12.8 Å². The van der Waals surface area contributed by atoms with Crippen LogP contribution in [-0.2, 0) is 14.3 Å². The van der Waals surface area contributed by atoms with Crippen LogP contribution in [0.5, 0.6) is 0 Å². The zero-order valence-electron chi connectivity index (χ0n) is 15.6. The molecule has 0 aliphatic carbocycles. The number of urea groups is 1. The maximum Gasteiger partial charge on any atom is 0.417 e. The second-order valence-electron chi connectivity index (χ2n) is 6.95. The maximum absolute atomic E-state index is 13.0. The van der Waals surface area contributed by atoms with Gasteiger partial charge in [0.15, 0.2) is 6.54 Å². The van der Waals surface area contributed by atoms with Crippen LogP contribution >= 0.6 is 0 Å². The highest BCUT2D eigenvalue weighted by molar-refractivity contribution is 6.23. The van der Waals surface area contributed by atoms with Gasteiger partial charge in [0.1, 0.15) is 6.54 Å². The van der Waals surface area contributed by atoms with Gasteiger partial charge in [0.05, 0.1) is 12.8 Å². The first-order valence-electron chi connectivity index (χ1n) is 8.44. The second kappa shape index (κ2) is 6.50. The summed E-state index contributed by atoms with van der Waals surface area (Å²) in [5.74, 6) is 0.113. The number of imide groups is 1. The Morgan fingerprint density at radius 1 is 1.38 bits per heavy atom. The number of likely N-dealkylation sites (N-methyl/N-ethyl adjacent to an activating group) is 1. The number of hydrogen-bond donors (Lipinski definition) is 0. The first-order valence-corrected chi connectivity index (χ1v) is 8.44. The summed E-state index contributed by atoms with van der Waals surface area (Å²) in [6.45, 7) is 6.33. The Hall–Kier alpha value is -2.78. The number of aliphatic imine (C=N–C) groups is 1. The topological polar surface area (TPSA) is 97.9 Å². The van der Waals surface area contributed by atoms with Crippen LogP contribution < -0.4 is 0 Å². The zero-order valence-corrected chi connectivity index (χ0v) is 15.6. The molecule has 26 heavy (non-hydrogen) atoms. The molecule has 3 amide bonds. The van der Waals surface area contributed by atoms with Crippen molar-refractivity contribution in [3.05, 3.63) is 0 Å². The number of hydrogen-bond acceptors (Lipinski definition) is 7. The summed E-state index contributed by atoms with van der Waals surface area (Å²) in [7, 11) is 2.90. The molecule has 1 saturated heterocycles. The van der Waals surface area contributed by atoms with Crippen molar-refractivity contribution in [2.45, 2.75) is 26.8 Å². The molecule has 140 valence electrons. The summed E-state index contributed by atoms with van der Waals surface area (Å²) in [6, 6.07) is -1.09. The molecule has 1 fully saturated rings. The lowest BCUT2D eigenvalue weighted by molar-refractivity contribution is -0.527. The average molecular weight is 363 g/mol. The van der Waals surface area contributed by atoms with Crippen molar-refractivity contribution < 1.29 is 23.7 Å². The largest absolute Gasteiger partial charge is 0.467 e. The van der Waals surface area contributed by atoms with Crippen molar-refractivity contribution in [3.63, 3.8) is 0 Å². The van der Waals surface area contributed by atoms with E-state index < -0.39 is 18.0 Å². The van der Waals surface area contributed by atoms with Gasteiger partial charge in [-0.2, -0.15) is 0 Å². The molecule has 0 aromatic carbocycles. The predicted octanol–water partition coefficient (Wildman–Crippen LogP) is -0.450. The summed E-state index contributed by atoms with van der Waals surface area (Å²) in [6.07, 6.45) is 0. The summed E-state index contributed by atoms with van der Waals surface area (Å²) >= 11 is 0. The minimum absolute atomic E-state index is 0.120. The molecular weight excluding hydrogens is 340 g/mol. The molecule has 0 spiro atoms. The molecule has 10 heteroatoms. The lowest BCUT2D eigenvalue weighted by atomic mass is 10.1. The van der Waals surface area contributed by atoms with Crippen molar-refractivity contribution in [3.8, 4) is 0 Å². The average Bonchev–Trinajstić information content (AvgIpc) is 2.96. The van der Waals surface area contributed by atoms with Crippen LogP contribution in [0.1, 0.15) is 20.8 Å². The minimum Gasteiger partial charge on any atom is -0.467 e. The minimum atomic E-state index is -0.697. The SMILES string of the molecule is COC(=O)CN1N=C(C)C[N+]2=C1N=C1C2C(=O)N(CC(C)C)C(=O)N1C. The number of amides is 3. The quantitative estimate of drug-likeness (QED) is 0.498. The first-order chi connectivity index (χ1) is 12.2. The van der Waals surface area contributed by atoms with Crippen molar-refractivity contribution in [2.24, 2.45) is 16.0 Å². The van der Waals surface area contributed by atoms with Crippen LogP contribution in [0.4, 0.5) is 4.79 Å². The van der Waals surface area contributed by atoms with Gasteiger partial charge >= 0.3 is 18.0 Å². The lowest BCUT2D eigenvalue weighted by Gasteiger charge is -2.35. The zero-order chi connectivity index (χ0) is 19.2. The Morgan fingerprint density at radius 2 is 2.08 bits per heavy atom. The Morgan fingerprint density at radius 3 is 2.69 bits per heavy atom. The van der Waals surface area contributed by atoms with E-state index in [0.717, 1.165) is 5.71 Å². The Kier molecular flexibility index (Phi) is 4.51. The molecule has 0 aromatic heterocycles. The van der Waals surface area contributed by atoms with Crippen LogP contribution in [-0.4, -0.2) is 94.6 Å². The van der Waals surface area contributed by atoms with Crippen molar-refractivity contribution in [1.29, 1.82) is 0 Å². The third kappa shape index (κ3) is 2.85. The molecule has 0 saturated carbocycles. The number of amidine groups is 1. The summed E-state index contributed by atoms with van der Waals surface area (Å²) in [5, 5.41) is 5.75. The smallest absolute Gasteiger partial charge is 0.417 e. The molecule has 3 rings (SSSR count). The van der Waals surface area contributed by atoms with Gasteiger partial charge in [-0.25, -0.2) is 14.2 Å². The molecule has 3 aliphatic heterocycles. The number of esters is 1. The van der Waals surface area contributed by atoms with Crippen molar-refractivity contribution in [1.82, 2.24) is 14.8 Å². The predicted molar refractivity (Wildman–Crippen MR) is 92.9 cm³/mol. The van der Waals surface area contributed by atoms with E-state index in [2.05, 4.69) is 10.1 Å². The van der Waals surface area contributed by atoms with E-state index in [-0.39, 0.29) is 18.4 Å². The summed E-state index contributed by atoms with van der Waals surface area (Å²) < 4.78 is 6.48. The molecule has 0 aromatic rings. The van der Waals surface area contributed by atoms with E-state index in [0.29, 0.717) is 24.9 Å². The van der Waals surface area contributed by atoms with Crippen LogP contribution in [0, 0.1) is 5.92 Å². The van der Waals surface area contributed by atoms with Gasteiger partial charge in [-0.3, -0.25) is 14.6 Å². The monoisotopic (exact) mass is 363 g/mol. The van der Waals surface area contributed by atoms with Crippen LogP contribution in [0.2, 0.25) is 0 Å². The number of carbonyl (C=O) groups excluding carboxylic acids is 3. The lowest BCUT2D eigenvalue weighted by Crippen LogP contribution is -2.63. The molecule has 1 unspecified atom stereocenters. The van der Waals surface area contributed by atoms with Crippen LogP contribution in [0.25, 0.3) is 0 Å². The molecule has 0 bridgehead atoms. The van der Waals surface area contributed by atoms with Gasteiger partial charge in [0, 0.05) is 13.6 Å². The number of rotatable bonds is 4. The Balaban J connectivity index is 1.99.